The number of quaternary nitrogens is 1. The minimum atomic E-state index is 0.587. The lowest BCUT2D eigenvalue weighted by atomic mass is 9.65. The first-order valence-corrected chi connectivity index (χ1v) is 4.63. The van der Waals surface area contributed by atoms with Crippen molar-refractivity contribution in [3.8, 4) is 0 Å². The van der Waals surface area contributed by atoms with E-state index in [2.05, 4.69) is 41.8 Å². The van der Waals surface area contributed by atoms with E-state index in [1.165, 1.54) is 11.0 Å². The molecule has 0 aromatic rings. The van der Waals surface area contributed by atoms with Gasteiger partial charge >= 0.3 is 0 Å². The fourth-order valence-electron chi connectivity index (χ4n) is 2.50. The number of likely N-dealkylation sites (tertiary alicyclic amines) is 1. The molecule has 0 aliphatic carbocycles. The van der Waals surface area contributed by atoms with E-state index in [9.17, 15) is 0 Å². The van der Waals surface area contributed by atoms with Gasteiger partial charge < -0.3 is 4.48 Å². The van der Waals surface area contributed by atoms with Gasteiger partial charge in [-0.2, -0.15) is 0 Å². The van der Waals surface area contributed by atoms with E-state index in [0.29, 0.717) is 5.41 Å². The van der Waals surface area contributed by atoms with Crippen molar-refractivity contribution in [2.24, 2.45) is 11.3 Å². The molecule has 11 heavy (non-hydrogen) atoms. The molecule has 1 nitrogen and oxygen atoms in total. The van der Waals surface area contributed by atoms with Gasteiger partial charge in [-0.05, 0) is 19.8 Å². The fraction of sp³-hybridized carbons (Fsp3) is 1.00. The molecule has 0 aromatic heterocycles. The van der Waals surface area contributed by atoms with E-state index in [0.717, 1.165) is 12.0 Å². The van der Waals surface area contributed by atoms with Crippen LogP contribution in [0.5, 0.6) is 0 Å². The molecule has 0 spiro atoms. The maximum atomic E-state index is 2.42. The lowest BCUT2D eigenvalue weighted by Crippen LogP contribution is -2.72. The van der Waals surface area contributed by atoms with Crippen LogP contribution in [0.1, 0.15) is 27.7 Å². The smallest absolute Gasteiger partial charge is 0.0969 e. The summed E-state index contributed by atoms with van der Waals surface area (Å²) in [6.07, 6.45) is 0. The van der Waals surface area contributed by atoms with Crippen LogP contribution in [0.25, 0.3) is 0 Å². The largest absolute Gasteiger partial charge is 0.325 e. The van der Waals surface area contributed by atoms with Crippen molar-refractivity contribution < 1.29 is 4.48 Å². The first kappa shape index (κ1) is 9.05. The van der Waals surface area contributed by atoms with E-state index < -0.39 is 0 Å². The Morgan fingerprint density at radius 1 is 1.36 bits per heavy atom. The molecule has 0 amide bonds. The summed E-state index contributed by atoms with van der Waals surface area (Å²) in [6, 6.07) is 0.822. The zero-order valence-electron chi connectivity index (χ0n) is 8.81. The second-order valence-electron chi connectivity index (χ2n) is 5.27. The third-order valence-corrected chi connectivity index (χ3v) is 4.07. The monoisotopic (exact) mass is 156 g/mol. The highest BCUT2D eigenvalue weighted by Gasteiger charge is 2.56. The van der Waals surface area contributed by atoms with Crippen molar-refractivity contribution in [1.29, 1.82) is 0 Å². The average molecular weight is 156 g/mol. The number of rotatable bonds is 1. The lowest BCUT2D eigenvalue weighted by Gasteiger charge is -2.60. The molecule has 0 saturated carbocycles. The molecule has 0 bridgehead atoms. The van der Waals surface area contributed by atoms with Crippen LogP contribution >= 0.6 is 0 Å². The molecule has 1 heteroatoms. The van der Waals surface area contributed by atoms with Gasteiger partial charge in [0.2, 0.25) is 0 Å². The second-order valence-corrected chi connectivity index (χ2v) is 5.27. The quantitative estimate of drug-likeness (QED) is 0.510. The van der Waals surface area contributed by atoms with Crippen LogP contribution in [0.3, 0.4) is 0 Å². The van der Waals surface area contributed by atoms with E-state index in [1.807, 2.05) is 0 Å². The summed E-state index contributed by atoms with van der Waals surface area (Å²) in [5.74, 6) is 0.823. The van der Waals surface area contributed by atoms with Crippen LogP contribution in [0.2, 0.25) is 0 Å². The molecule has 1 saturated heterocycles. The van der Waals surface area contributed by atoms with Crippen molar-refractivity contribution in [3.63, 3.8) is 0 Å². The summed E-state index contributed by atoms with van der Waals surface area (Å²) in [5, 5.41) is 0. The average Bonchev–Trinajstić information content (AvgIpc) is 1.86. The molecule has 66 valence electrons. The highest BCUT2D eigenvalue weighted by molar-refractivity contribution is 4.91. The molecule has 1 rings (SSSR count). The first-order chi connectivity index (χ1) is 4.81. The molecule has 0 aromatic carbocycles. The van der Waals surface area contributed by atoms with Crippen LogP contribution in [-0.2, 0) is 0 Å². The first-order valence-electron chi connectivity index (χ1n) is 4.63. The summed E-state index contributed by atoms with van der Waals surface area (Å²) < 4.78 is 1.20. The van der Waals surface area contributed by atoms with Crippen LogP contribution in [0.15, 0.2) is 0 Å². The minimum Gasteiger partial charge on any atom is -0.325 e. The Morgan fingerprint density at radius 2 is 1.82 bits per heavy atom. The predicted octanol–water partition coefficient (Wildman–Crippen LogP) is 2.13. The predicted molar refractivity (Wildman–Crippen MR) is 49.4 cm³/mol. The van der Waals surface area contributed by atoms with Crippen LogP contribution in [0, 0.1) is 11.3 Å². The van der Waals surface area contributed by atoms with E-state index in [-0.39, 0.29) is 0 Å². The van der Waals surface area contributed by atoms with Gasteiger partial charge in [0.25, 0.3) is 0 Å². The Balaban J connectivity index is 2.69. The maximum Gasteiger partial charge on any atom is 0.0969 e. The normalized spacial score (nSPS) is 42.3. The Bertz CT molecular complexity index is 160. The SMILES string of the molecule is CC(C)C1(C)C[N+](C)(C)C1C. The molecule has 1 aliphatic rings. The van der Waals surface area contributed by atoms with Gasteiger partial charge in [-0.15, -0.1) is 0 Å². The molecule has 0 N–H and O–H groups in total. The van der Waals surface area contributed by atoms with Gasteiger partial charge in [-0.3, -0.25) is 0 Å². The van der Waals surface area contributed by atoms with Crippen molar-refractivity contribution >= 4 is 0 Å². The number of hydrogen-bond acceptors (Lipinski definition) is 0. The van der Waals surface area contributed by atoms with Crippen LogP contribution in [0.4, 0.5) is 0 Å². The van der Waals surface area contributed by atoms with Crippen molar-refractivity contribution in [3.05, 3.63) is 0 Å². The van der Waals surface area contributed by atoms with E-state index in [4.69, 9.17) is 0 Å². The van der Waals surface area contributed by atoms with Crippen molar-refractivity contribution in [2.75, 3.05) is 20.6 Å². The summed E-state index contributed by atoms with van der Waals surface area (Å²) in [4.78, 5) is 0. The summed E-state index contributed by atoms with van der Waals surface area (Å²) in [7, 11) is 4.66. The lowest BCUT2D eigenvalue weighted by molar-refractivity contribution is -0.977. The highest BCUT2D eigenvalue weighted by Crippen LogP contribution is 2.46. The van der Waals surface area contributed by atoms with Crippen LogP contribution < -0.4 is 0 Å². The third kappa shape index (κ3) is 1.10. The Hall–Kier alpha value is -0.0400. The zero-order chi connectivity index (χ0) is 8.86. The minimum absolute atomic E-state index is 0.587. The molecular formula is C10H22N+. The van der Waals surface area contributed by atoms with Gasteiger partial charge in [0.1, 0.15) is 0 Å². The number of nitrogens with zero attached hydrogens (tertiary/aromatic N) is 1. The van der Waals surface area contributed by atoms with Gasteiger partial charge in [-0.25, -0.2) is 0 Å². The molecule has 1 heterocycles. The Labute approximate surface area is 71.0 Å². The standard InChI is InChI=1S/C10H22N/c1-8(2)10(4)7-11(5,6)9(10)3/h8-9H,7H2,1-6H3/q+1. The fourth-order valence-corrected chi connectivity index (χ4v) is 2.50. The maximum absolute atomic E-state index is 2.42. The van der Waals surface area contributed by atoms with Crippen molar-refractivity contribution in [2.45, 2.75) is 33.7 Å². The van der Waals surface area contributed by atoms with Gasteiger partial charge in [0.05, 0.1) is 32.1 Å². The van der Waals surface area contributed by atoms with Crippen molar-refractivity contribution in [1.82, 2.24) is 0 Å². The third-order valence-electron chi connectivity index (χ3n) is 4.07. The summed E-state index contributed by atoms with van der Waals surface area (Å²) >= 11 is 0. The summed E-state index contributed by atoms with van der Waals surface area (Å²) in [5.41, 5.74) is 0.587. The van der Waals surface area contributed by atoms with Crippen LogP contribution in [-0.4, -0.2) is 31.2 Å². The molecule has 2 unspecified atom stereocenters. The number of hydrogen-bond donors (Lipinski definition) is 0. The summed E-state index contributed by atoms with van der Waals surface area (Å²) in [6.45, 7) is 10.8. The van der Waals surface area contributed by atoms with Gasteiger partial charge in [0, 0.05) is 0 Å². The topological polar surface area (TPSA) is 0 Å². The Morgan fingerprint density at radius 3 is 1.91 bits per heavy atom. The van der Waals surface area contributed by atoms with Gasteiger partial charge in [-0.1, -0.05) is 13.8 Å². The molecule has 0 radical (unpaired) electrons. The Kier molecular flexibility index (Phi) is 1.83. The second kappa shape index (κ2) is 2.22. The molecule has 1 aliphatic heterocycles. The molecular weight excluding hydrogens is 134 g/mol. The zero-order valence-corrected chi connectivity index (χ0v) is 8.81. The molecule has 2 atom stereocenters. The van der Waals surface area contributed by atoms with E-state index >= 15 is 0 Å². The van der Waals surface area contributed by atoms with E-state index in [1.54, 1.807) is 0 Å². The molecule has 1 fully saturated rings. The highest BCUT2D eigenvalue weighted by atomic mass is 15.4. The van der Waals surface area contributed by atoms with Gasteiger partial charge in [0.15, 0.2) is 0 Å².